The molecule has 0 amide bonds. The van der Waals surface area contributed by atoms with Gasteiger partial charge in [0, 0.05) is 31.4 Å². The van der Waals surface area contributed by atoms with Gasteiger partial charge in [0.25, 0.3) is 0 Å². The minimum Gasteiger partial charge on any atom is -0.374 e. The highest BCUT2D eigenvalue weighted by Crippen LogP contribution is 2.10. The number of nitroso groups, excluding NO2 is 1. The molecule has 0 radical (unpaired) electrons. The van der Waals surface area contributed by atoms with E-state index in [-0.39, 0.29) is 11.2 Å². The summed E-state index contributed by atoms with van der Waals surface area (Å²) in [6.45, 7) is 15.8. The third-order valence-electron chi connectivity index (χ3n) is 2.99. The fourth-order valence-electron chi connectivity index (χ4n) is 1.13. The van der Waals surface area contributed by atoms with Crippen molar-refractivity contribution in [3.05, 3.63) is 41.6 Å². The van der Waals surface area contributed by atoms with Crippen LogP contribution in [0.15, 0.2) is 41.9 Å². The van der Waals surface area contributed by atoms with E-state index in [2.05, 4.69) is 51.1 Å². The molecule has 0 aromatic heterocycles. The van der Waals surface area contributed by atoms with E-state index in [0.717, 1.165) is 18.8 Å². The Morgan fingerprint density at radius 2 is 1.72 bits per heavy atom. The Morgan fingerprint density at radius 3 is 2.17 bits per heavy atom. The van der Waals surface area contributed by atoms with E-state index in [0.29, 0.717) is 0 Å². The molecule has 0 aliphatic carbocycles. The molecule has 0 atom stereocenters. The van der Waals surface area contributed by atoms with Crippen LogP contribution in [0.5, 0.6) is 0 Å². The Labute approximate surface area is 111 Å². The molecule has 0 heterocycles. The molecule has 0 rings (SSSR count). The van der Waals surface area contributed by atoms with Gasteiger partial charge in [0.1, 0.15) is 5.70 Å². The molecule has 0 saturated carbocycles. The lowest BCUT2D eigenvalue weighted by Crippen LogP contribution is -2.42. The third kappa shape index (κ3) is 6.35. The van der Waals surface area contributed by atoms with Crippen molar-refractivity contribution < 1.29 is 0 Å². The first-order valence-corrected chi connectivity index (χ1v) is 6.00. The summed E-state index contributed by atoms with van der Waals surface area (Å²) >= 11 is 0. The minimum atomic E-state index is 0.160. The average Bonchev–Trinajstić information content (AvgIpc) is 2.30. The SMILES string of the molecule is C=C(/C=C\C(=C)N(C)CCN(C)C(C)(C)C)N=O. The molecule has 0 fully saturated rings. The first kappa shape index (κ1) is 16.6. The highest BCUT2D eigenvalue weighted by molar-refractivity contribution is 5.22. The zero-order valence-corrected chi connectivity index (χ0v) is 12.2. The van der Waals surface area contributed by atoms with E-state index < -0.39 is 0 Å². The van der Waals surface area contributed by atoms with Crippen LogP contribution < -0.4 is 0 Å². The minimum absolute atomic E-state index is 0.160. The predicted octanol–water partition coefficient (Wildman–Crippen LogP) is 3.00. The van der Waals surface area contributed by atoms with Crippen molar-refractivity contribution in [1.82, 2.24) is 9.80 Å². The number of nitrogens with zero attached hydrogens (tertiary/aromatic N) is 3. The Morgan fingerprint density at radius 1 is 1.17 bits per heavy atom. The third-order valence-corrected chi connectivity index (χ3v) is 2.99. The Bertz CT molecular complexity index is 339. The monoisotopic (exact) mass is 251 g/mol. The van der Waals surface area contributed by atoms with Gasteiger partial charge in [0.05, 0.1) is 0 Å². The average molecular weight is 251 g/mol. The summed E-state index contributed by atoms with van der Waals surface area (Å²) in [5.74, 6) is 0. The number of allylic oxidation sites excluding steroid dienone is 2. The number of rotatable bonds is 7. The maximum Gasteiger partial charge on any atom is 0.100 e. The number of hydrogen-bond donors (Lipinski definition) is 0. The van der Waals surface area contributed by atoms with Crippen molar-refractivity contribution in [2.24, 2.45) is 5.18 Å². The van der Waals surface area contributed by atoms with Crippen LogP contribution >= 0.6 is 0 Å². The van der Waals surface area contributed by atoms with Crippen LogP contribution in [0.25, 0.3) is 0 Å². The topological polar surface area (TPSA) is 35.9 Å². The van der Waals surface area contributed by atoms with Crippen LogP contribution in [0, 0.1) is 4.91 Å². The van der Waals surface area contributed by atoms with Crippen molar-refractivity contribution in [3.8, 4) is 0 Å². The second kappa shape index (κ2) is 7.11. The number of likely N-dealkylation sites (N-methyl/N-ethyl adjacent to an activating group) is 2. The molecular formula is C14H25N3O. The fourth-order valence-corrected chi connectivity index (χ4v) is 1.13. The summed E-state index contributed by atoms with van der Waals surface area (Å²) in [5.41, 5.74) is 1.20. The zero-order chi connectivity index (χ0) is 14.3. The van der Waals surface area contributed by atoms with Crippen molar-refractivity contribution in [2.45, 2.75) is 26.3 Å². The van der Waals surface area contributed by atoms with Crippen LogP contribution in [0.2, 0.25) is 0 Å². The molecule has 0 aromatic rings. The van der Waals surface area contributed by atoms with E-state index in [1.807, 2.05) is 11.9 Å². The van der Waals surface area contributed by atoms with Crippen LogP contribution in [0.4, 0.5) is 0 Å². The van der Waals surface area contributed by atoms with Crippen molar-refractivity contribution in [2.75, 3.05) is 27.2 Å². The normalized spacial score (nSPS) is 11.9. The lowest BCUT2D eigenvalue weighted by atomic mass is 10.1. The maximum absolute atomic E-state index is 10.2. The molecule has 0 bridgehead atoms. The molecule has 102 valence electrons. The van der Waals surface area contributed by atoms with E-state index in [1.54, 1.807) is 12.2 Å². The van der Waals surface area contributed by atoms with Crippen LogP contribution in [-0.4, -0.2) is 42.5 Å². The first-order chi connectivity index (χ1) is 8.18. The molecular weight excluding hydrogens is 226 g/mol. The molecule has 0 aliphatic heterocycles. The van der Waals surface area contributed by atoms with Crippen LogP contribution in [-0.2, 0) is 0 Å². The first-order valence-electron chi connectivity index (χ1n) is 6.00. The van der Waals surface area contributed by atoms with Crippen molar-refractivity contribution in [1.29, 1.82) is 0 Å². The molecule has 0 unspecified atom stereocenters. The molecule has 0 spiro atoms. The van der Waals surface area contributed by atoms with E-state index in [9.17, 15) is 4.91 Å². The summed E-state index contributed by atoms with van der Waals surface area (Å²) in [7, 11) is 4.07. The molecule has 4 nitrogen and oxygen atoms in total. The van der Waals surface area contributed by atoms with Gasteiger partial charge >= 0.3 is 0 Å². The van der Waals surface area contributed by atoms with Gasteiger partial charge < -0.3 is 4.90 Å². The van der Waals surface area contributed by atoms with Crippen molar-refractivity contribution in [3.63, 3.8) is 0 Å². The standard InChI is InChI=1S/C14H25N3O/c1-12(15-18)8-9-13(2)16(6)10-11-17(7)14(3,4)5/h8-9H,1-2,10-11H2,3-7H3/b9-8-. The summed E-state index contributed by atoms with van der Waals surface area (Å²) in [5, 5.41) is 2.73. The quantitative estimate of drug-likeness (QED) is 0.515. The molecule has 18 heavy (non-hydrogen) atoms. The summed E-state index contributed by atoms with van der Waals surface area (Å²) in [6.07, 6.45) is 3.32. The largest absolute Gasteiger partial charge is 0.374 e. The van der Waals surface area contributed by atoms with E-state index in [4.69, 9.17) is 0 Å². The second-order valence-electron chi connectivity index (χ2n) is 5.42. The van der Waals surface area contributed by atoms with E-state index in [1.165, 1.54) is 0 Å². The summed E-state index contributed by atoms with van der Waals surface area (Å²) in [4.78, 5) is 14.5. The van der Waals surface area contributed by atoms with Gasteiger partial charge in [-0.3, -0.25) is 4.90 Å². The second-order valence-corrected chi connectivity index (χ2v) is 5.42. The smallest absolute Gasteiger partial charge is 0.100 e. The fraction of sp³-hybridized carbons (Fsp3) is 0.571. The molecule has 0 aromatic carbocycles. The lowest BCUT2D eigenvalue weighted by Gasteiger charge is -2.33. The summed E-state index contributed by atoms with van der Waals surface area (Å²) in [6, 6.07) is 0. The molecule has 4 heteroatoms. The maximum atomic E-state index is 10.2. The molecule has 0 aliphatic rings. The van der Waals surface area contributed by atoms with Gasteiger partial charge in [-0.05, 0) is 45.1 Å². The predicted molar refractivity (Wildman–Crippen MR) is 78.2 cm³/mol. The van der Waals surface area contributed by atoms with Crippen LogP contribution in [0.3, 0.4) is 0 Å². The van der Waals surface area contributed by atoms with Gasteiger partial charge in [0.2, 0.25) is 0 Å². The Kier molecular flexibility index (Phi) is 6.55. The van der Waals surface area contributed by atoms with Gasteiger partial charge in [-0.2, -0.15) is 0 Å². The van der Waals surface area contributed by atoms with Gasteiger partial charge in [-0.15, -0.1) is 4.91 Å². The van der Waals surface area contributed by atoms with Gasteiger partial charge in [-0.25, -0.2) is 0 Å². The summed E-state index contributed by atoms with van der Waals surface area (Å²) < 4.78 is 0. The zero-order valence-electron chi connectivity index (χ0n) is 12.2. The highest BCUT2D eigenvalue weighted by atomic mass is 16.3. The lowest BCUT2D eigenvalue weighted by molar-refractivity contribution is 0.163. The number of hydrogen-bond acceptors (Lipinski definition) is 4. The van der Waals surface area contributed by atoms with Crippen molar-refractivity contribution >= 4 is 0 Å². The van der Waals surface area contributed by atoms with Crippen LogP contribution in [0.1, 0.15) is 20.8 Å². The Balaban J connectivity index is 4.22. The van der Waals surface area contributed by atoms with E-state index >= 15 is 0 Å². The van der Waals surface area contributed by atoms with Gasteiger partial charge in [-0.1, -0.05) is 13.2 Å². The molecule has 0 saturated heterocycles. The van der Waals surface area contributed by atoms with Gasteiger partial charge in [0.15, 0.2) is 0 Å². The molecule has 0 N–H and O–H groups in total. The highest BCUT2D eigenvalue weighted by Gasteiger charge is 2.16. The Hall–Kier alpha value is -1.42.